The third kappa shape index (κ3) is 6.88. The first-order valence-corrected chi connectivity index (χ1v) is 7.69. The summed E-state index contributed by atoms with van der Waals surface area (Å²) in [5.41, 5.74) is 0. The molecule has 1 heteroatoms. The fourth-order valence-corrected chi connectivity index (χ4v) is 2.72. The molecule has 100 valence electrons. The van der Waals surface area contributed by atoms with E-state index in [1.807, 2.05) is 0 Å². The number of rotatable bonds is 3. The summed E-state index contributed by atoms with van der Waals surface area (Å²) >= 11 is 0. The molecule has 0 spiro atoms. The monoisotopic (exact) mass is 238 g/mol. The first kappa shape index (κ1) is 14.8. The van der Waals surface area contributed by atoms with Gasteiger partial charge in [0.25, 0.3) is 0 Å². The topological polar surface area (TPSA) is 20.2 Å². The predicted octanol–water partition coefficient (Wildman–Crippen LogP) is 4.84. The minimum Gasteiger partial charge on any atom is -0.393 e. The van der Waals surface area contributed by atoms with Crippen LogP contribution in [0.1, 0.15) is 77.6 Å². The first-order valence-electron chi connectivity index (χ1n) is 7.69. The molecule has 0 aromatic rings. The lowest BCUT2D eigenvalue weighted by atomic mass is 9.91. The Morgan fingerprint density at radius 3 is 2.41 bits per heavy atom. The Morgan fingerprint density at radius 1 is 1.06 bits per heavy atom. The van der Waals surface area contributed by atoms with Gasteiger partial charge in [-0.3, -0.25) is 0 Å². The Kier molecular flexibility index (Phi) is 8.42. The van der Waals surface area contributed by atoms with E-state index in [2.05, 4.69) is 19.1 Å². The van der Waals surface area contributed by atoms with E-state index in [1.165, 1.54) is 57.8 Å². The Hall–Kier alpha value is -0.300. The van der Waals surface area contributed by atoms with Crippen molar-refractivity contribution in [3.05, 3.63) is 12.2 Å². The number of aliphatic hydroxyl groups excluding tert-OH is 1. The Bertz CT molecular complexity index is 198. The molecule has 1 rings (SSSR count). The molecule has 1 N–H and O–H groups in total. The quantitative estimate of drug-likeness (QED) is 0.697. The standard InChI is InChI=1S/C16H30O/c1-2-12-16(17)15-13-10-8-6-4-3-5-7-9-11-14-15/h10,13,15-17H,2-9,11-12,14H2,1H3. The van der Waals surface area contributed by atoms with Crippen LogP contribution < -0.4 is 0 Å². The van der Waals surface area contributed by atoms with Gasteiger partial charge in [-0.15, -0.1) is 0 Å². The smallest absolute Gasteiger partial charge is 0.0602 e. The molecule has 17 heavy (non-hydrogen) atoms. The number of hydrogen-bond donors (Lipinski definition) is 1. The van der Waals surface area contributed by atoms with Crippen molar-refractivity contribution in [3.8, 4) is 0 Å². The van der Waals surface area contributed by atoms with Crippen molar-refractivity contribution in [2.24, 2.45) is 5.92 Å². The van der Waals surface area contributed by atoms with Gasteiger partial charge in [0.2, 0.25) is 0 Å². The zero-order valence-electron chi connectivity index (χ0n) is 11.5. The Balaban J connectivity index is 2.42. The van der Waals surface area contributed by atoms with Gasteiger partial charge in [-0.25, -0.2) is 0 Å². The van der Waals surface area contributed by atoms with Crippen molar-refractivity contribution in [2.45, 2.75) is 83.7 Å². The van der Waals surface area contributed by atoms with Crippen LogP contribution in [-0.4, -0.2) is 11.2 Å². The lowest BCUT2D eigenvalue weighted by Crippen LogP contribution is -2.18. The summed E-state index contributed by atoms with van der Waals surface area (Å²) in [5.74, 6) is 0.411. The molecule has 0 saturated heterocycles. The highest BCUT2D eigenvalue weighted by molar-refractivity contribution is 4.92. The average Bonchev–Trinajstić information content (AvgIpc) is 2.30. The minimum absolute atomic E-state index is 0.112. The summed E-state index contributed by atoms with van der Waals surface area (Å²) in [7, 11) is 0. The molecule has 0 aromatic heterocycles. The van der Waals surface area contributed by atoms with Crippen molar-refractivity contribution in [2.75, 3.05) is 0 Å². The van der Waals surface area contributed by atoms with Gasteiger partial charge in [0.15, 0.2) is 0 Å². The second-order valence-corrected chi connectivity index (χ2v) is 5.50. The molecule has 2 unspecified atom stereocenters. The van der Waals surface area contributed by atoms with Crippen molar-refractivity contribution in [1.82, 2.24) is 0 Å². The van der Waals surface area contributed by atoms with Gasteiger partial charge < -0.3 is 5.11 Å². The maximum absolute atomic E-state index is 10.1. The summed E-state index contributed by atoms with van der Waals surface area (Å²) in [4.78, 5) is 0. The number of aliphatic hydroxyl groups is 1. The molecule has 0 saturated carbocycles. The lowest BCUT2D eigenvalue weighted by Gasteiger charge is -2.19. The molecular formula is C16H30O. The van der Waals surface area contributed by atoms with Crippen LogP contribution in [0.15, 0.2) is 12.2 Å². The Labute approximate surface area is 107 Å². The molecule has 1 nitrogen and oxygen atoms in total. The molecule has 0 aliphatic heterocycles. The van der Waals surface area contributed by atoms with Crippen molar-refractivity contribution < 1.29 is 5.11 Å². The lowest BCUT2D eigenvalue weighted by molar-refractivity contribution is 0.114. The molecule has 0 fully saturated rings. The molecular weight excluding hydrogens is 208 g/mol. The second-order valence-electron chi connectivity index (χ2n) is 5.50. The summed E-state index contributed by atoms with van der Waals surface area (Å²) < 4.78 is 0. The van der Waals surface area contributed by atoms with Gasteiger partial charge in [-0.05, 0) is 25.7 Å². The predicted molar refractivity (Wildman–Crippen MR) is 75.1 cm³/mol. The van der Waals surface area contributed by atoms with Crippen LogP contribution in [0.5, 0.6) is 0 Å². The highest BCUT2D eigenvalue weighted by Gasteiger charge is 2.15. The van der Waals surface area contributed by atoms with E-state index >= 15 is 0 Å². The van der Waals surface area contributed by atoms with E-state index in [9.17, 15) is 5.11 Å². The van der Waals surface area contributed by atoms with Crippen LogP contribution in [0, 0.1) is 5.92 Å². The van der Waals surface area contributed by atoms with Gasteiger partial charge in [0, 0.05) is 5.92 Å². The molecule has 0 heterocycles. The SMILES string of the molecule is CCCC(O)C1C=CCCCCCCCCC1. The molecule has 0 aromatic carbocycles. The zero-order chi connectivity index (χ0) is 12.3. The largest absolute Gasteiger partial charge is 0.393 e. The second kappa shape index (κ2) is 9.70. The van der Waals surface area contributed by atoms with E-state index in [0.717, 1.165) is 12.8 Å². The van der Waals surface area contributed by atoms with E-state index < -0.39 is 0 Å². The third-order valence-electron chi connectivity index (χ3n) is 3.87. The van der Waals surface area contributed by atoms with Crippen LogP contribution in [0.25, 0.3) is 0 Å². The van der Waals surface area contributed by atoms with Crippen molar-refractivity contribution >= 4 is 0 Å². The van der Waals surface area contributed by atoms with Crippen LogP contribution in [-0.2, 0) is 0 Å². The maximum atomic E-state index is 10.1. The van der Waals surface area contributed by atoms with E-state index in [4.69, 9.17) is 0 Å². The summed E-state index contributed by atoms with van der Waals surface area (Å²) in [6, 6.07) is 0. The van der Waals surface area contributed by atoms with E-state index in [0.29, 0.717) is 5.92 Å². The van der Waals surface area contributed by atoms with Gasteiger partial charge in [0.1, 0.15) is 0 Å². The molecule has 0 amide bonds. The maximum Gasteiger partial charge on any atom is 0.0602 e. The highest BCUT2D eigenvalue weighted by atomic mass is 16.3. The average molecular weight is 238 g/mol. The third-order valence-corrected chi connectivity index (χ3v) is 3.87. The van der Waals surface area contributed by atoms with Crippen LogP contribution in [0.4, 0.5) is 0 Å². The van der Waals surface area contributed by atoms with Crippen molar-refractivity contribution in [3.63, 3.8) is 0 Å². The van der Waals surface area contributed by atoms with Crippen molar-refractivity contribution in [1.29, 1.82) is 0 Å². The highest BCUT2D eigenvalue weighted by Crippen LogP contribution is 2.21. The van der Waals surface area contributed by atoms with Crippen LogP contribution in [0.3, 0.4) is 0 Å². The minimum atomic E-state index is -0.112. The normalized spacial score (nSPS) is 25.9. The van der Waals surface area contributed by atoms with Crippen LogP contribution >= 0.6 is 0 Å². The molecule has 2 atom stereocenters. The zero-order valence-corrected chi connectivity index (χ0v) is 11.5. The van der Waals surface area contributed by atoms with Crippen LogP contribution in [0.2, 0.25) is 0 Å². The van der Waals surface area contributed by atoms with Gasteiger partial charge in [-0.1, -0.05) is 64.0 Å². The fraction of sp³-hybridized carbons (Fsp3) is 0.875. The Morgan fingerprint density at radius 2 is 1.71 bits per heavy atom. The van der Waals surface area contributed by atoms with E-state index in [-0.39, 0.29) is 6.10 Å². The van der Waals surface area contributed by atoms with Gasteiger partial charge in [0.05, 0.1) is 6.10 Å². The summed E-state index contributed by atoms with van der Waals surface area (Å²) in [6.07, 6.45) is 18.5. The van der Waals surface area contributed by atoms with Gasteiger partial charge >= 0.3 is 0 Å². The molecule has 0 bridgehead atoms. The first-order chi connectivity index (χ1) is 8.34. The summed E-state index contributed by atoms with van der Waals surface area (Å²) in [6.45, 7) is 2.16. The fourth-order valence-electron chi connectivity index (χ4n) is 2.72. The molecule has 1 aliphatic carbocycles. The molecule has 0 radical (unpaired) electrons. The number of hydrogen-bond acceptors (Lipinski definition) is 1. The number of allylic oxidation sites excluding steroid dienone is 1. The van der Waals surface area contributed by atoms with E-state index in [1.54, 1.807) is 0 Å². The molecule has 1 aliphatic rings. The van der Waals surface area contributed by atoms with Gasteiger partial charge in [-0.2, -0.15) is 0 Å². The summed E-state index contributed by atoms with van der Waals surface area (Å²) in [5, 5.41) is 10.1.